The van der Waals surface area contributed by atoms with Crippen molar-refractivity contribution in [1.82, 2.24) is 4.90 Å². The second-order valence-corrected chi connectivity index (χ2v) is 8.50. The maximum absolute atomic E-state index is 13.0. The van der Waals surface area contributed by atoms with Crippen molar-refractivity contribution < 1.29 is 13.2 Å². The summed E-state index contributed by atoms with van der Waals surface area (Å²) < 4.78 is 26.2. The van der Waals surface area contributed by atoms with Crippen LogP contribution in [0.5, 0.6) is 0 Å². The largest absolute Gasteiger partial charge is 0.341 e. The molecule has 1 aromatic carbocycles. The Morgan fingerprint density at radius 3 is 2.29 bits per heavy atom. The number of piperidine rings is 1. The van der Waals surface area contributed by atoms with Crippen LogP contribution in [0.1, 0.15) is 43.7 Å². The van der Waals surface area contributed by atoms with Crippen LogP contribution in [0.25, 0.3) is 0 Å². The monoisotopic (exact) mass is 352 g/mol. The van der Waals surface area contributed by atoms with Crippen LogP contribution in [-0.4, -0.2) is 44.6 Å². The molecule has 1 aliphatic rings. The number of carbonyl (C=O) groups is 1. The van der Waals surface area contributed by atoms with Crippen LogP contribution in [-0.2, 0) is 14.8 Å². The second-order valence-electron chi connectivity index (χ2n) is 6.64. The molecule has 1 atom stereocenters. The lowest BCUT2D eigenvalue weighted by molar-refractivity contribution is -0.133. The third-order valence-corrected chi connectivity index (χ3v) is 5.90. The lowest BCUT2D eigenvalue weighted by Gasteiger charge is -2.35. The van der Waals surface area contributed by atoms with Crippen molar-refractivity contribution in [1.29, 1.82) is 0 Å². The summed E-state index contributed by atoms with van der Waals surface area (Å²) in [6.45, 7) is 7.25. The molecule has 2 rings (SSSR count). The standard InChI is InChI=1S/C18H28N2O3S/c1-5-17(18(21)19-11-7-6-8-12-19)20(24(4,22)23)16-10-9-14(2)15(3)13-16/h9-10,13,17H,5-8,11-12H2,1-4H3/t17-/m1/s1. The van der Waals surface area contributed by atoms with Gasteiger partial charge in [0.05, 0.1) is 11.9 Å². The molecule has 5 nitrogen and oxygen atoms in total. The number of amides is 1. The predicted molar refractivity (Wildman–Crippen MR) is 97.7 cm³/mol. The third-order valence-electron chi connectivity index (χ3n) is 4.72. The summed E-state index contributed by atoms with van der Waals surface area (Å²) in [6, 6.07) is 4.86. The fourth-order valence-corrected chi connectivity index (χ4v) is 4.43. The minimum absolute atomic E-state index is 0.0825. The van der Waals surface area contributed by atoms with Gasteiger partial charge in [0.2, 0.25) is 15.9 Å². The van der Waals surface area contributed by atoms with Gasteiger partial charge in [0, 0.05) is 13.1 Å². The first-order valence-corrected chi connectivity index (χ1v) is 10.5. The topological polar surface area (TPSA) is 57.7 Å². The Morgan fingerprint density at radius 1 is 1.17 bits per heavy atom. The molecule has 0 saturated carbocycles. The normalized spacial score (nSPS) is 16.8. The fourth-order valence-electron chi connectivity index (χ4n) is 3.23. The molecule has 0 aromatic heterocycles. The zero-order valence-corrected chi connectivity index (χ0v) is 15.9. The third kappa shape index (κ3) is 4.09. The molecular weight excluding hydrogens is 324 g/mol. The van der Waals surface area contributed by atoms with E-state index in [0.29, 0.717) is 12.1 Å². The lowest BCUT2D eigenvalue weighted by atomic mass is 10.1. The number of likely N-dealkylation sites (tertiary alicyclic amines) is 1. The zero-order chi connectivity index (χ0) is 17.9. The van der Waals surface area contributed by atoms with Crippen molar-refractivity contribution in [2.45, 2.75) is 52.5 Å². The fraction of sp³-hybridized carbons (Fsp3) is 0.611. The smallest absolute Gasteiger partial charge is 0.246 e. The Hall–Kier alpha value is -1.56. The van der Waals surface area contributed by atoms with Crippen LogP contribution in [0.3, 0.4) is 0 Å². The summed E-state index contributed by atoms with van der Waals surface area (Å²) in [5.41, 5.74) is 2.68. The molecule has 1 saturated heterocycles. The van der Waals surface area contributed by atoms with Gasteiger partial charge in [0.15, 0.2) is 0 Å². The van der Waals surface area contributed by atoms with E-state index < -0.39 is 16.1 Å². The predicted octanol–water partition coefficient (Wildman–Crippen LogP) is 2.86. The molecule has 1 heterocycles. The van der Waals surface area contributed by atoms with Gasteiger partial charge in [0.25, 0.3) is 0 Å². The van der Waals surface area contributed by atoms with Crippen LogP contribution in [0, 0.1) is 13.8 Å². The first-order chi connectivity index (χ1) is 11.3. The SMILES string of the molecule is CC[C@H](C(=O)N1CCCCC1)N(c1ccc(C)c(C)c1)S(C)(=O)=O. The average Bonchev–Trinajstić information content (AvgIpc) is 2.54. The van der Waals surface area contributed by atoms with Crippen molar-refractivity contribution in [3.63, 3.8) is 0 Å². The number of hydrogen-bond acceptors (Lipinski definition) is 3. The van der Waals surface area contributed by atoms with E-state index >= 15 is 0 Å². The molecule has 1 aliphatic heterocycles. The van der Waals surface area contributed by atoms with Gasteiger partial charge in [-0.25, -0.2) is 8.42 Å². The Morgan fingerprint density at radius 2 is 1.79 bits per heavy atom. The van der Waals surface area contributed by atoms with E-state index in [9.17, 15) is 13.2 Å². The minimum Gasteiger partial charge on any atom is -0.341 e. The van der Waals surface area contributed by atoms with Gasteiger partial charge in [-0.05, 0) is 62.8 Å². The van der Waals surface area contributed by atoms with Gasteiger partial charge in [-0.1, -0.05) is 13.0 Å². The Labute approximate surface area is 145 Å². The van der Waals surface area contributed by atoms with Gasteiger partial charge in [-0.2, -0.15) is 0 Å². The van der Waals surface area contributed by atoms with Crippen LogP contribution in [0.4, 0.5) is 5.69 Å². The van der Waals surface area contributed by atoms with Crippen LogP contribution in [0.2, 0.25) is 0 Å². The molecular formula is C18H28N2O3S. The number of carbonyl (C=O) groups excluding carboxylic acids is 1. The van der Waals surface area contributed by atoms with Crippen LogP contribution < -0.4 is 4.31 Å². The van der Waals surface area contributed by atoms with Crippen LogP contribution in [0.15, 0.2) is 18.2 Å². The first-order valence-electron chi connectivity index (χ1n) is 8.61. The van der Waals surface area contributed by atoms with E-state index in [1.807, 2.05) is 37.8 Å². The minimum atomic E-state index is -3.56. The second kappa shape index (κ2) is 7.55. The number of sulfonamides is 1. The molecule has 6 heteroatoms. The van der Waals surface area contributed by atoms with Gasteiger partial charge in [-0.3, -0.25) is 9.10 Å². The lowest BCUT2D eigenvalue weighted by Crippen LogP contribution is -2.51. The number of aryl methyl sites for hydroxylation is 2. The molecule has 0 radical (unpaired) electrons. The summed E-state index contributed by atoms with van der Waals surface area (Å²) in [4.78, 5) is 14.8. The first kappa shape index (κ1) is 18.8. The van der Waals surface area contributed by atoms with E-state index in [1.54, 1.807) is 6.07 Å². The van der Waals surface area contributed by atoms with E-state index in [1.165, 1.54) is 10.6 Å². The molecule has 0 spiro atoms. The summed E-state index contributed by atoms with van der Waals surface area (Å²) in [5.74, 6) is -0.0825. The van der Waals surface area contributed by atoms with Crippen molar-refractivity contribution in [2.24, 2.45) is 0 Å². The highest BCUT2D eigenvalue weighted by molar-refractivity contribution is 7.92. The van der Waals surface area contributed by atoms with Gasteiger partial charge >= 0.3 is 0 Å². The number of benzene rings is 1. The van der Waals surface area contributed by atoms with Gasteiger partial charge in [0.1, 0.15) is 6.04 Å². The Bertz CT molecular complexity index is 694. The van der Waals surface area contributed by atoms with Crippen molar-refractivity contribution in [2.75, 3.05) is 23.7 Å². The van der Waals surface area contributed by atoms with Gasteiger partial charge in [-0.15, -0.1) is 0 Å². The zero-order valence-electron chi connectivity index (χ0n) is 15.1. The summed E-state index contributed by atoms with van der Waals surface area (Å²) in [5, 5.41) is 0. The van der Waals surface area contributed by atoms with Crippen molar-refractivity contribution in [3.8, 4) is 0 Å². The molecule has 24 heavy (non-hydrogen) atoms. The van der Waals surface area contributed by atoms with E-state index in [-0.39, 0.29) is 5.91 Å². The Balaban J connectivity index is 2.41. The molecule has 1 fully saturated rings. The molecule has 0 unspecified atom stereocenters. The number of hydrogen-bond donors (Lipinski definition) is 0. The quantitative estimate of drug-likeness (QED) is 0.819. The molecule has 0 N–H and O–H groups in total. The van der Waals surface area contributed by atoms with Crippen molar-refractivity contribution in [3.05, 3.63) is 29.3 Å². The number of rotatable bonds is 5. The van der Waals surface area contributed by atoms with Crippen molar-refractivity contribution >= 4 is 21.6 Å². The highest BCUT2D eigenvalue weighted by Gasteiger charge is 2.34. The number of nitrogens with zero attached hydrogens (tertiary/aromatic N) is 2. The van der Waals surface area contributed by atoms with E-state index in [4.69, 9.17) is 0 Å². The van der Waals surface area contributed by atoms with E-state index in [2.05, 4.69) is 0 Å². The summed E-state index contributed by atoms with van der Waals surface area (Å²) in [7, 11) is -3.56. The molecule has 0 bridgehead atoms. The highest BCUT2D eigenvalue weighted by Crippen LogP contribution is 2.26. The van der Waals surface area contributed by atoms with Gasteiger partial charge < -0.3 is 4.90 Å². The van der Waals surface area contributed by atoms with E-state index in [0.717, 1.165) is 43.5 Å². The Kier molecular flexibility index (Phi) is 5.91. The molecule has 1 aromatic rings. The number of anilines is 1. The average molecular weight is 353 g/mol. The molecule has 0 aliphatic carbocycles. The summed E-state index contributed by atoms with van der Waals surface area (Å²) in [6.07, 6.45) is 4.74. The molecule has 134 valence electrons. The summed E-state index contributed by atoms with van der Waals surface area (Å²) >= 11 is 0. The highest BCUT2D eigenvalue weighted by atomic mass is 32.2. The van der Waals surface area contributed by atoms with Crippen LogP contribution >= 0.6 is 0 Å². The maximum atomic E-state index is 13.0. The molecule has 1 amide bonds. The maximum Gasteiger partial charge on any atom is 0.246 e.